The predicted molar refractivity (Wildman–Crippen MR) is 106 cm³/mol. The molecule has 1 heterocycles. The van der Waals surface area contributed by atoms with Gasteiger partial charge in [0.25, 0.3) is 5.91 Å². The van der Waals surface area contributed by atoms with Crippen molar-refractivity contribution in [3.8, 4) is 0 Å². The summed E-state index contributed by atoms with van der Waals surface area (Å²) in [7, 11) is 0. The summed E-state index contributed by atoms with van der Waals surface area (Å²) < 4.78 is 2.20. The Labute approximate surface area is 159 Å². The Morgan fingerprint density at radius 3 is 2.58 bits per heavy atom. The molecule has 134 valence electrons. The first-order valence-corrected chi connectivity index (χ1v) is 9.28. The van der Waals surface area contributed by atoms with Gasteiger partial charge in [0.15, 0.2) is 0 Å². The van der Waals surface area contributed by atoms with Gasteiger partial charge in [-0.05, 0) is 42.3 Å². The molecule has 0 aliphatic heterocycles. The van der Waals surface area contributed by atoms with Crippen LogP contribution in [0.15, 0.2) is 72.9 Å². The van der Waals surface area contributed by atoms with Crippen molar-refractivity contribution in [1.82, 2.24) is 9.47 Å². The van der Waals surface area contributed by atoms with Gasteiger partial charge in [-0.2, -0.15) is 0 Å². The summed E-state index contributed by atoms with van der Waals surface area (Å²) in [6.07, 6.45) is 2.97. The molecule has 26 heavy (non-hydrogen) atoms. The number of amides is 1. The zero-order valence-corrected chi connectivity index (χ0v) is 15.7. The number of carbonyl (C=O) groups is 1. The van der Waals surface area contributed by atoms with Crippen molar-refractivity contribution in [2.24, 2.45) is 0 Å². The normalized spacial score (nSPS) is 10.7. The number of aromatic nitrogens is 1. The third-order valence-corrected chi connectivity index (χ3v) is 4.56. The number of rotatable bonds is 7. The minimum atomic E-state index is 0.0156. The summed E-state index contributed by atoms with van der Waals surface area (Å²) in [6, 6.07) is 21.6. The molecule has 3 rings (SSSR count). The molecule has 0 saturated carbocycles. The van der Waals surface area contributed by atoms with Gasteiger partial charge in [-0.15, -0.1) is 0 Å². The van der Waals surface area contributed by atoms with Crippen LogP contribution in [0, 0.1) is 0 Å². The van der Waals surface area contributed by atoms with Crippen LogP contribution in [-0.2, 0) is 13.1 Å². The van der Waals surface area contributed by atoms with E-state index in [0.29, 0.717) is 23.7 Å². The molecule has 0 aliphatic rings. The maximum Gasteiger partial charge on any atom is 0.254 e. The lowest BCUT2D eigenvalue weighted by Gasteiger charge is -2.23. The van der Waals surface area contributed by atoms with E-state index >= 15 is 0 Å². The molecule has 1 amide bonds. The molecule has 3 aromatic rings. The molecule has 1 aromatic heterocycles. The van der Waals surface area contributed by atoms with E-state index in [1.54, 1.807) is 12.1 Å². The van der Waals surface area contributed by atoms with Gasteiger partial charge in [0.05, 0.1) is 6.54 Å². The molecule has 4 heteroatoms. The fourth-order valence-corrected chi connectivity index (χ4v) is 3.24. The summed E-state index contributed by atoms with van der Waals surface area (Å²) in [4.78, 5) is 14.8. The van der Waals surface area contributed by atoms with Crippen molar-refractivity contribution in [3.63, 3.8) is 0 Å². The van der Waals surface area contributed by atoms with E-state index in [1.165, 1.54) is 5.56 Å². The van der Waals surface area contributed by atoms with Crippen molar-refractivity contribution >= 4 is 17.5 Å². The number of halogens is 1. The second-order valence-electron chi connectivity index (χ2n) is 6.35. The Hall–Kier alpha value is -2.52. The van der Waals surface area contributed by atoms with E-state index in [9.17, 15) is 4.79 Å². The standard InChI is InChI=1S/C22H23ClN2O/c1-2-13-25(22(26)19-10-6-11-20(23)15-19)17-21-12-7-14-24(21)16-18-8-4-3-5-9-18/h3-12,14-15H,2,13,16-17H2,1H3. The van der Waals surface area contributed by atoms with Crippen LogP contribution >= 0.6 is 11.6 Å². The average Bonchev–Trinajstić information content (AvgIpc) is 3.08. The van der Waals surface area contributed by atoms with Crippen molar-refractivity contribution in [2.75, 3.05) is 6.54 Å². The fraction of sp³-hybridized carbons (Fsp3) is 0.227. The summed E-state index contributed by atoms with van der Waals surface area (Å²) >= 11 is 6.05. The fourth-order valence-electron chi connectivity index (χ4n) is 3.05. The van der Waals surface area contributed by atoms with E-state index in [1.807, 2.05) is 41.3 Å². The number of hydrogen-bond acceptors (Lipinski definition) is 1. The van der Waals surface area contributed by atoms with Gasteiger partial charge in [0, 0.05) is 35.6 Å². The van der Waals surface area contributed by atoms with Crippen LogP contribution in [0.3, 0.4) is 0 Å². The zero-order valence-electron chi connectivity index (χ0n) is 14.9. The predicted octanol–water partition coefficient (Wildman–Crippen LogP) is 5.24. The molecular formula is C22H23ClN2O. The highest BCUT2D eigenvalue weighted by atomic mass is 35.5. The van der Waals surface area contributed by atoms with Gasteiger partial charge in [0.1, 0.15) is 0 Å². The molecule has 0 spiro atoms. The van der Waals surface area contributed by atoms with Crippen molar-refractivity contribution in [1.29, 1.82) is 0 Å². The highest BCUT2D eigenvalue weighted by Gasteiger charge is 2.17. The average molecular weight is 367 g/mol. The number of nitrogens with zero attached hydrogens (tertiary/aromatic N) is 2. The highest BCUT2D eigenvalue weighted by Crippen LogP contribution is 2.16. The molecule has 0 fully saturated rings. The molecule has 2 aromatic carbocycles. The van der Waals surface area contributed by atoms with E-state index in [2.05, 4.69) is 35.9 Å². The zero-order chi connectivity index (χ0) is 18.4. The highest BCUT2D eigenvalue weighted by molar-refractivity contribution is 6.30. The van der Waals surface area contributed by atoms with Crippen LogP contribution in [-0.4, -0.2) is 21.9 Å². The van der Waals surface area contributed by atoms with E-state index in [-0.39, 0.29) is 5.91 Å². The van der Waals surface area contributed by atoms with E-state index in [0.717, 1.165) is 18.7 Å². The smallest absolute Gasteiger partial charge is 0.254 e. The van der Waals surface area contributed by atoms with Gasteiger partial charge in [-0.3, -0.25) is 4.79 Å². The first kappa shape index (κ1) is 18.3. The molecule has 0 atom stereocenters. The molecule has 3 nitrogen and oxygen atoms in total. The second-order valence-corrected chi connectivity index (χ2v) is 6.79. The third kappa shape index (κ3) is 4.55. The maximum atomic E-state index is 12.9. The van der Waals surface area contributed by atoms with Gasteiger partial charge < -0.3 is 9.47 Å². The number of benzene rings is 2. The van der Waals surface area contributed by atoms with Gasteiger partial charge in [0.2, 0.25) is 0 Å². The Morgan fingerprint density at radius 2 is 1.85 bits per heavy atom. The lowest BCUT2D eigenvalue weighted by atomic mass is 10.2. The maximum absolute atomic E-state index is 12.9. The summed E-state index contributed by atoms with van der Waals surface area (Å²) in [6.45, 7) is 4.18. The molecule has 0 bridgehead atoms. The molecular weight excluding hydrogens is 344 g/mol. The van der Waals surface area contributed by atoms with E-state index < -0.39 is 0 Å². The van der Waals surface area contributed by atoms with Crippen molar-refractivity contribution in [2.45, 2.75) is 26.4 Å². The third-order valence-electron chi connectivity index (χ3n) is 4.32. The minimum absolute atomic E-state index is 0.0156. The first-order valence-electron chi connectivity index (χ1n) is 8.90. The Kier molecular flexibility index (Phi) is 6.13. The van der Waals surface area contributed by atoms with Crippen LogP contribution in [0.4, 0.5) is 0 Å². The van der Waals surface area contributed by atoms with Crippen LogP contribution in [0.2, 0.25) is 5.02 Å². The lowest BCUT2D eigenvalue weighted by molar-refractivity contribution is 0.0739. The SMILES string of the molecule is CCCN(Cc1cccn1Cc1ccccc1)C(=O)c1cccc(Cl)c1. The first-order chi connectivity index (χ1) is 12.7. The van der Waals surface area contributed by atoms with Gasteiger partial charge in [-0.1, -0.05) is 54.9 Å². The number of carbonyl (C=O) groups excluding carboxylic acids is 1. The Morgan fingerprint density at radius 1 is 1.04 bits per heavy atom. The Bertz CT molecular complexity index is 857. The molecule has 0 aliphatic carbocycles. The number of hydrogen-bond donors (Lipinski definition) is 0. The van der Waals surface area contributed by atoms with Crippen molar-refractivity contribution < 1.29 is 4.79 Å². The quantitative estimate of drug-likeness (QED) is 0.561. The molecule has 0 N–H and O–H groups in total. The van der Waals surface area contributed by atoms with Crippen LogP contribution in [0.5, 0.6) is 0 Å². The summed E-state index contributed by atoms with van der Waals surface area (Å²) in [5.74, 6) is 0.0156. The molecule has 0 unspecified atom stereocenters. The Balaban J connectivity index is 1.78. The van der Waals surface area contributed by atoms with Crippen molar-refractivity contribution in [3.05, 3.63) is 94.8 Å². The molecule has 0 radical (unpaired) electrons. The topological polar surface area (TPSA) is 25.2 Å². The van der Waals surface area contributed by atoms with Crippen LogP contribution < -0.4 is 0 Å². The second kappa shape index (κ2) is 8.72. The van der Waals surface area contributed by atoms with E-state index in [4.69, 9.17) is 11.6 Å². The van der Waals surface area contributed by atoms with Gasteiger partial charge in [-0.25, -0.2) is 0 Å². The van der Waals surface area contributed by atoms with Gasteiger partial charge >= 0.3 is 0 Å². The minimum Gasteiger partial charge on any atom is -0.345 e. The summed E-state index contributed by atoms with van der Waals surface area (Å²) in [5, 5.41) is 0.583. The lowest BCUT2D eigenvalue weighted by Crippen LogP contribution is -2.32. The largest absolute Gasteiger partial charge is 0.345 e. The monoisotopic (exact) mass is 366 g/mol. The van der Waals surface area contributed by atoms with Crippen LogP contribution in [0.1, 0.15) is 35.0 Å². The molecule has 0 saturated heterocycles. The van der Waals surface area contributed by atoms with Crippen LogP contribution in [0.25, 0.3) is 0 Å². The summed E-state index contributed by atoms with van der Waals surface area (Å²) in [5.41, 5.74) is 3.00.